The fourth-order valence-electron chi connectivity index (χ4n) is 1.72. The van der Waals surface area contributed by atoms with E-state index in [2.05, 4.69) is 5.32 Å². The quantitative estimate of drug-likeness (QED) is 0.832. The Morgan fingerprint density at radius 2 is 1.95 bits per heavy atom. The lowest BCUT2D eigenvalue weighted by atomic mass is 10.2. The molecule has 3 nitrogen and oxygen atoms in total. The van der Waals surface area contributed by atoms with E-state index in [1.807, 2.05) is 18.2 Å². The molecule has 0 amide bonds. The van der Waals surface area contributed by atoms with Gasteiger partial charge in [-0.2, -0.15) is 0 Å². The maximum Gasteiger partial charge on any atom is 0.142 e. The van der Waals surface area contributed by atoms with Gasteiger partial charge in [-0.1, -0.05) is 29.3 Å². The molecular formula is C14H14Cl2N2O. The summed E-state index contributed by atoms with van der Waals surface area (Å²) in [6.45, 7) is 0.565. The van der Waals surface area contributed by atoms with Crippen LogP contribution >= 0.6 is 23.2 Å². The van der Waals surface area contributed by atoms with Gasteiger partial charge in [-0.3, -0.25) is 0 Å². The molecule has 0 bridgehead atoms. The van der Waals surface area contributed by atoms with E-state index >= 15 is 0 Å². The van der Waals surface area contributed by atoms with Gasteiger partial charge in [0.05, 0.1) is 12.8 Å². The molecule has 0 aliphatic heterocycles. The summed E-state index contributed by atoms with van der Waals surface area (Å²) in [6.07, 6.45) is 0. The first kappa shape index (κ1) is 13.8. The molecule has 0 aliphatic carbocycles. The molecule has 2 aromatic carbocycles. The summed E-state index contributed by atoms with van der Waals surface area (Å²) in [6, 6.07) is 10.8. The molecule has 0 heterocycles. The molecular weight excluding hydrogens is 283 g/mol. The van der Waals surface area contributed by atoms with Crippen LogP contribution in [0.4, 0.5) is 11.4 Å². The topological polar surface area (TPSA) is 47.3 Å². The minimum Gasteiger partial charge on any atom is -0.495 e. The van der Waals surface area contributed by atoms with Crippen molar-refractivity contribution in [3.63, 3.8) is 0 Å². The van der Waals surface area contributed by atoms with E-state index in [1.54, 1.807) is 25.3 Å². The maximum absolute atomic E-state index is 6.12. The van der Waals surface area contributed by atoms with E-state index in [9.17, 15) is 0 Å². The number of methoxy groups -OCH3 is 1. The van der Waals surface area contributed by atoms with Crippen molar-refractivity contribution in [2.75, 3.05) is 18.2 Å². The number of halogens is 2. The highest BCUT2D eigenvalue weighted by atomic mass is 35.5. The van der Waals surface area contributed by atoms with Gasteiger partial charge >= 0.3 is 0 Å². The highest BCUT2D eigenvalue weighted by Crippen LogP contribution is 2.28. The average Bonchev–Trinajstić information content (AvgIpc) is 2.38. The number of anilines is 2. The van der Waals surface area contributed by atoms with E-state index in [0.717, 1.165) is 17.0 Å². The van der Waals surface area contributed by atoms with E-state index < -0.39 is 0 Å². The lowest BCUT2D eigenvalue weighted by Gasteiger charge is -2.12. The van der Waals surface area contributed by atoms with Gasteiger partial charge in [-0.15, -0.1) is 0 Å². The van der Waals surface area contributed by atoms with Crippen molar-refractivity contribution in [1.29, 1.82) is 0 Å². The molecule has 19 heavy (non-hydrogen) atoms. The minimum absolute atomic E-state index is 0.565. The second-order valence-corrected chi connectivity index (χ2v) is 4.89. The normalized spacial score (nSPS) is 10.3. The molecule has 0 saturated heterocycles. The Morgan fingerprint density at radius 1 is 1.16 bits per heavy atom. The van der Waals surface area contributed by atoms with Crippen molar-refractivity contribution in [3.05, 3.63) is 52.0 Å². The third-order valence-electron chi connectivity index (χ3n) is 2.71. The minimum atomic E-state index is 0.565. The van der Waals surface area contributed by atoms with Crippen molar-refractivity contribution in [1.82, 2.24) is 0 Å². The number of nitrogens with two attached hydrogens (primary N) is 1. The molecule has 0 spiro atoms. The van der Waals surface area contributed by atoms with Gasteiger partial charge in [0, 0.05) is 22.3 Å². The first-order valence-corrected chi connectivity index (χ1v) is 6.47. The second kappa shape index (κ2) is 6.04. The van der Waals surface area contributed by atoms with Crippen LogP contribution < -0.4 is 15.8 Å². The fraction of sp³-hybridized carbons (Fsp3) is 0.143. The van der Waals surface area contributed by atoms with Crippen molar-refractivity contribution in [2.45, 2.75) is 6.54 Å². The van der Waals surface area contributed by atoms with Gasteiger partial charge in [-0.05, 0) is 35.9 Å². The van der Waals surface area contributed by atoms with Crippen LogP contribution in [0, 0.1) is 0 Å². The molecule has 2 rings (SSSR count). The van der Waals surface area contributed by atoms with Crippen LogP contribution in [-0.2, 0) is 6.54 Å². The summed E-state index contributed by atoms with van der Waals surface area (Å²) in [5, 5.41) is 4.50. The molecule has 0 aliphatic rings. The lowest BCUT2D eigenvalue weighted by molar-refractivity contribution is 0.416. The van der Waals surface area contributed by atoms with Crippen molar-refractivity contribution in [2.24, 2.45) is 0 Å². The molecule has 0 fully saturated rings. The number of rotatable bonds is 4. The van der Waals surface area contributed by atoms with Gasteiger partial charge in [0.15, 0.2) is 0 Å². The number of nitrogens with one attached hydrogen (secondary N) is 1. The molecule has 3 N–H and O–H groups in total. The van der Waals surface area contributed by atoms with Crippen LogP contribution in [-0.4, -0.2) is 7.11 Å². The smallest absolute Gasteiger partial charge is 0.142 e. The monoisotopic (exact) mass is 296 g/mol. The molecule has 0 unspecified atom stereocenters. The number of hydrogen-bond donors (Lipinski definition) is 2. The van der Waals surface area contributed by atoms with Crippen molar-refractivity contribution in [3.8, 4) is 5.75 Å². The van der Waals surface area contributed by atoms with Crippen LogP contribution in [0.3, 0.4) is 0 Å². The molecule has 5 heteroatoms. The Labute approximate surface area is 122 Å². The van der Waals surface area contributed by atoms with Gasteiger partial charge < -0.3 is 15.8 Å². The summed E-state index contributed by atoms with van der Waals surface area (Å²) in [7, 11) is 1.62. The zero-order chi connectivity index (χ0) is 13.8. The molecule has 2 aromatic rings. The third-order valence-corrected chi connectivity index (χ3v) is 3.29. The molecule has 100 valence electrons. The predicted molar refractivity (Wildman–Crippen MR) is 81.2 cm³/mol. The van der Waals surface area contributed by atoms with Crippen LogP contribution in [0.25, 0.3) is 0 Å². The highest BCUT2D eigenvalue weighted by molar-refractivity contribution is 6.35. The Hall–Kier alpha value is -1.58. The van der Waals surface area contributed by atoms with Crippen LogP contribution in [0.5, 0.6) is 5.75 Å². The number of ether oxygens (including phenoxy) is 1. The fourth-order valence-corrected chi connectivity index (χ4v) is 2.19. The zero-order valence-corrected chi connectivity index (χ0v) is 11.9. The number of benzene rings is 2. The maximum atomic E-state index is 6.12. The van der Waals surface area contributed by atoms with E-state index in [0.29, 0.717) is 22.3 Å². The highest BCUT2D eigenvalue weighted by Gasteiger charge is 2.05. The molecule has 0 aromatic heterocycles. The van der Waals surface area contributed by atoms with Gasteiger partial charge in [0.1, 0.15) is 5.75 Å². The van der Waals surface area contributed by atoms with E-state index in [4.69, 9.17) is 33.7 Å². The Morgan fingerprint density at radius 3 is 2.63 bits per heavy atom. The van der Waals surface area contributed by atoms with E-state index in [1.165, 1.54) is 0 Å². The predicted octanol–water partition coefficient (Wildman–Crippen LogP) is 4.20. The summed E-state index contributed by atoms with van der Waals surface area (Å²) in [5.41, 5.74) is 8.22. The van der Waals surface area contributed by atoms with Crippen LogP contribution in [0.2, 0.25) is 10.0 Å². The largest absolute Gasteiger partial charge is 0.495 e. The zero-order valence-electron chi connectivity index (χ0n) is 10.4. The standard InChI is InChI=1S/C14H14Cl2N2O/c1-19-14-5-4-11(17)7-13(14)18-8-9-2-3-10(15)6-12(9)16/h2-7,18H,8,17H2,1H3. The summed E-state index contributed by atoms with van der Waals surface area (Å²) < 4.78 is 5.27. The Balaban J connectivity index is 2.16. The summed E-state index contributed by atoms with van der Waals surface area (Å²) in [4.78, 5) is 0. The second-order valence-electron chi connectivity index (χ2n) is 4.05. The third kappa shape index (κ3) is 3.46. The van der Waals surface area contributed by atoms with Gasteiger partial charge in [0.25, 0.3) is 0 Å². The van der Waals surface area contributed by atoms with Gasteiger partial charge in [0.2, 0.25) is 0 Å². The SMILES string of the molecule is COc1ccc(N)cc1NCc1ccc(Cl)cc1Cl. The first-order chi connectivity index (χ1) is 9.10. The number of hydrogen-bond acceptors (Lipinski definition) is 3. The number of nitrogen functional groups attached to an aromatic ring is 1. The molecule has 0 saturated carbocycles. The average molecular weight is 297 g/mol. The lowest BCUT2D eigenvalue weighted by Crippen LogP contribution is -2.02. The molecule has 0 atom stereocenters. The van der Waals surface area contributed by atoms with Crippen LogP contribution in [0.1, 0.15) is 5.56 Å². The Kier molecular flexibility index (Phi) is 4.40. The van der Waals surface area contributed by atoms with E-state index in [-0.39, 0.29) is 0 Å². The Bertz CT molecular complexity index is 588. The van der Waals surface area contributed by atoms with Gasteiger partial charge in [-0.25, -0.2) is 0 Å². The van der Waals surface area contributed by atoms with Crippen molar-refractivity contribution < 1.29 is 4.74 Å². The van der Waals surface area contributed by atoms with Crippen LogP contribution in [0.15, 0.2) is 36.4 Å². The summed E-state index contributed by atoms with van der Waals surface area (Å²) >= 11 is 12.0. The van der Waals surface area contributed by atoms with Crippen molar-refractivity contribution >= 4 is 34.6 Å². The molecule has 0 radical (unpaired) electrons. The summed E-state index contributed by atoms with van der Waals surface area (Å²) in [5.74, 6) is 0.735. The first-order valence-electron chi connectivity index (χ1n) is 5.71.